The molecule has 0 saturated carbocycles. The Labute approximate surface area is 95.7 Å². The molecule has 0 N–H and O–H groups in total. The molecule has 2 bridgehead atoms. The van der Waals surface area contributed by atoms with Gasteiger partial charge in [0.2, 0.25) is 0 Å². The van der Waals surface area contributed by atoms with Crippen LogP contribution in [0.2, 0.25) is 0 Å². The van der Waals surface area contributed by atoms with Crippen molar-refractivity contribution in [3.8, 4) is 0 Å². The van der Waals surface area contributed by atoms with Crippen LogP contribution < -0.4 is 4.90 Å². The molecule has 84 valence electrons. The third-order valence-corrected chi connectivity index (χ3v) is 3.95. The second-order valence-corrected chi connectivity index (χ2v) is 4.82. The zero-order valence-corrected chi connectivity index (χ0v) is 9.47. The van der Waals surface area contributed by atoms with Crippen LogP contribution in [0.5, 0.6) is 0 Å². The van der Waals surface area contributed by atoms with Crippen LogP contribution in [-0.2, 0) is 0 Å². The van der Waals surface area contributed by atoms with Crippen LogP contribution in [0.15, 0.2) is 24.3 Å². The summed E-state index contributed by atoms with van der Waals surface area (Å²) >= 11 is 0. The molecule has 0 aliphatic carbocycles. The molecule has 2 unspecified atom stereocenters. The number of aldehydes is 1. The van der Waals surface area contributed by atoms with Gasteiger partial charge < -0.3 is 4.90 Å². The van der Waals surface area contributed by atoms with Crippen LogP contribution in [0, 0.1) is 0 Å². The molecular weight excluding hydrogens is 200 g/mol. The predicted octanol–water partition coefficient (Wildman–Crippen LogP) is 1.39. The monoisotopic (exact) mass is 216 g/mol. The van der Waals surface area contributed by atoms with Crippen molar-refractivity contribution in [2.75, 3.05) is 25.0 Å². The minimum absolute atomic E-state index is 0.726. The van der Waals surface area contributed by atoms with E-state index in [1.807, 2.05) is 12.1 Å². The van der Waals surface area contributed by atoms with Crippen molar-refractivity contribution in [2.24, 2.45) is 0 Å². The van der Waals surface area contributed by atoms with Gasteiger partial charge in [-0.15, -0.1) is 0 Å². The number of anilines is 1. The molecule has 1 aromatic rings. The van der Waals surface area contributed by atoms with Crippen molar-refractivity contribution in [3.63, 3.8) is 0 Å². The fraction of sp³-hybridized carbons (Fsp3) is 0.462. The number of piperazine rings is 1. The summed E-state index contributed by atoms with van der Waals surface area (Å²) in [6.45, 7) is 2.24. The number of piperidine rings is 1. The quantitative estimate of drug-likeness (QED) is 0.698. The Morgan fingerprint density at radius 1 is 1.19 bits per heavy atom. The predicted molar refractivity (Wildman–Crippen MR) is 64.0 cm³/mol. The number of carbonyl (C=O) groups excluding carboxylic acids is 1. The van der Waals surface area contributed by atoms with Crippen LogP contribution in [0.3, 0.4) is 0 Å². The number of rotatable bonds is 2. The lowest BCUT2D eigenvalue weighted by atomic mass is 9.88. The number of nitrogens with zero attached hydrogens (tertiary/aromatic N) is 2. The number of benzene rings is 1. The van der Waals surface area contributed by atoms with Crippen LogP contribution in [-0.4, -0.2) is 43.4 Å². The average molecular weight is 216 g/mol. The van der Waals surface area contributed by atoms with E-state index >= 15 is 0 Å². The second-order valence-electron chi connectivity index (χ2n) is 4.82. The first-order chi connectivity index (χ1) is 7.78. The molecule has 3 heterocycles. The maximum Gasteiger partial charge on any atom is 0.150 e. The molecule has 0 amide bonds. The third-order valence-electron chi connectivity index (χ3n) is 3.95. The molecule has 2 atom stereocenters. The van der Waals surface area contributed by atoms with E-state index in [1.54, 1.807) is 0 Å². The summed E-state index contributed by atoms with van der Waals surface area (Å²) < 4.78 is 0. The lowest BCUT2D eigenvalue weighted by molar-refractivity contribution is 0.0264. The van der Waals surface area contributed by atoms with E-state index in [9.17, 15) is 4.79 Å². The molecule has 3 heteroatoms. The number of carbonyl (C=O) groups is 1. The molecule has 16 heavy (non-hydrogen) atoms. The van der Waals surface area contributed by atoms with Gasteiger partial charge in [0.25, 0.3) is 0 Å². The average Bonchev–Trinajstić information content (AvgIpc) is 2.38. The summed E-state index contributed by atoms with van der Waals surface area (Å²) in [6, 6.07) is 9.34. The van der Waals surface area contributed by atoms with E-state index in [2.05, 4.69) is 29.0 Å². The Hall–Kier alpha value is -1.35. The van der Waals surface area contributed by atoms with Gasteiger partial charge in [0.05, 0.1) is 0 Å². The van der Waals surface area contributed by atoms with E-state index in [1.165, 1.54) is 12.1 Å². The van der Waals surface area contributed by atoms with E-state index in [0.29, 0.717) is 0 Å². The normalized spacial score (nSPS) is 28.7. The highest BCUT2D eigenvalue weighted by Gasteiger charge is 2.41. The minimum Gasteiger partial charge on any atom is -0.368 e. The summed E-state index contributed by atoms with van der Waals surface area (Å²) in [5.41, 5.74) is 2.00. The van der Waals surface area contributed by atoms with Crippen molar-refractivity contribution in [1.82, 2.24) is 4.90 Å². The molecule has 3 fully saturated rings. The maximum atomic E-state index is 10.6. The Morgan fingerprint density at radius 3 is 2.31 bits per heavy atom. The Kier molecular flexibility index (Phi) is 2.21. The highest BCUT2D eigenvalue weighted by molar-refractivity contribution is 5.75. The zero-order chi connectivity index (χ0) is 11.1. The molecule has 0 radical (unpaired) electrons. The van der Waals surface area contributed by atoms with Gasteiger partial charge in [-0.3, -0.25) is 9.69 Å². The Bertz CT molecular complexity index is 389. The molecule has 3 saturated heterocycles. The van der Waals surface area contributed by atoms with E-state index in [4.69, 9.17) is 0 Å². The number of likely N-dealkylation sites (N-methyl/N-ethyl adjacent to an activating group) is 1. The Balaban J connectivity index is 1.76. The Morgan fingerprint density at radius 2 is 1.81 bits per heavy atom. The zero-order valence-electron chi connectivity index (χ0n) is 9.47. The SMILES string of the molecule is CN1C2CC1CN(c1ccc(C=O)cc1)C2. The smallest absolute Gasteiger partial charge is 0.150 e. The maximum absolute atomic E-state index is 10.6. The molecular formula is C13H16N2O. The van der Waals surface area contributed by atoms with Crippen molar-refractivity contribution in [1.29, 1.82) is 0 Å². The first kappa shape index (κ1) is 9.85. The summed E-state index contributed by atoms with van der Waals surface area (Å²) in [5.74, 6) is 0. The van der Waals surface area contributed by atoms with Gasteiger partial charge in [-0.1, -0.05) is 0 Å². The number of hydrogen-bond donors (Lipinski definition) is 0. The lowest BCUT2D eigenvalue weighted by Gasteiger charge is -2.55. The van der Waals surface area contributed by atoms with E-state index in [0.717, 1.165) is 37.0 Å². The summed E-state index contributed by atoms with van der Waals surface area (Å²) in [6.07, 6.45) is 2.24. The van der Waals surface area contributed by atoms with Crippen LogP contribution in [0.1, 0.15) is 16.8 Å². The van der Waals surface area contributed by atoms with Gasteiger partial charge in [-0.2, -0.15) is 0 Å². The van der Waals surface area contributed by atoms with Crippen molar-refractivity contribution >= 4 is 12.0 Å². The number of hydrogen-bond acceptors (Lipinski definition) is 3. The molecule has 3 aliphatic heterocycles. The standard InChI is InChI=1S/C13H16N2O/c1-14-12-6-13(14)8-15(7-12)11-4-2-10(9-16)3-5-11/h2-5,9,12-13H,6-8H2,1H3. The fourth-order valence-electron chi connectivity index (χ4n) is 2.77. The molecule has 3 aliphatic rings. The van der Waals surface area contributed by atoms with Crippen LogP contribution >= 0.6 is 0 Å². The molecule has 3 nitrogen and oxygen atoms in total. The van der Waals surface area contributed by atoms with Gasteiger partial charge in [0.15, 0.2) is 0 Å². The van der Waals surface area contributed by atoms with Crippen LogP contribution in [0.25, 0.3) is 0 Å². The molecule has 0 aromatic heterocycles. The fourth-order valence-corrected chi connectivity index (χ4v) is 2.77. The van der Waals surface area contributed by atoms with Gasteiger partial charge in [0, 0.05) is 36.4 Å². The van der Waals surface area contributed by atoms with Crippen LogP contribution in [0.4, 0.5) is 5.69 Å². The minimum atomic E-state index is 0.726. The van der Waals surface area contributed by atoms with Crippen molar-refractivity contribution in [3.05, 3.63) is 29.8 Å². The largest absolute Gasteiger partial charge is 0.368 e. The van der Waals surface area contributed by atoms with E-state index in [-0.39, 0.29) is 0 Å². The van der Waals surface area contributed by atoms with Gasteiger partial charge in [0.1, 0.15) is 6.29 Å². The molecule has 4 rings (SSSR count). The highest BCUT2D eigenvalue weighted by atomic mass is 16.1. The second kappa shape index (κ2) is 3.59. The van der Waals surface area contributed by atoms with E-state index < -0.39 is 0 Å². The van der Waals surface area contributed by atoms with Crippen molar-refractivity contribution in [2.45, 2.75) is 18.5 Å². The first-order valence-corrected chi connectivity index (χ1v) is 5.80. The summed E-state index contributed by atoms with van der Waals surface area (Å²) in [4.78, 5) is 15.5. The third kappa shape index (κ3) is 1.43. The van der Waals surface area contributed by atoms with Gasteiger partial charge >= 0.3 is 0 Å². The highest BCUT2D eigenvalue weighted by Crippen LogP contribution is 2.32. The van der Waals surface area contributed by atoms with Gasteiger partial charge in [-0.25, -0.2) is 0 Å². The topological polar surface area (TPSA) is 23.6 Å². The number of fused-ring (bicyclic) bond motifs is 2. The summed E-state index contributed by atoms with van der Waals surface area (Å²) in [5, 5.41) is 0. The molecule has 1 aromatic carbocycles. The first-order valence-electron chi connectivity index (χ1n) is 5.80. The molecule has 0 spiro atoms. The van der Waals surface area contributed by atoms with Crippen molar-refractivity contribution < 1.29 is 4.79 Å². The lowest BCUT2D eigenvalue weighted by Crippen LogP contribution is -2.67. The summed E-state index contributed by atoms with van der Waals surface area (Å²) in [7, 11) is 2.21. The van der Waals surface area contributed by atoms with Gasteiger partial charge in [-0.05, 0) is 37.7 Å².